The van der Waals surface area contributed by atoms with E-state index >= 15 is 0 Å². The van der Waals surface area contributed by atoms with Crippen LogP contribution in [0.1, 0.15) is 25.5 Å². The molecule has 7 heteroatoms. The molecule has 0 aromatic carbocycles. The molecule has 1 aromatic heterocycles. The molecule has 15 heavy (non-hydrogen) atoms. The van der Waals surface area contributed by atoms with Crippen molar-refractivity contribution in [2.24, 2.45) is 0 Å². The van der Waals surface area contributed by atoms with E-state index in [0.29, 0.717) is 6.61 Å². The van der Waals surface area contributed by atoms with E-state index in [2.05, 4.69) is 11.3 Å². The molecule has 2 rings (SSSR count). The van der Waals surface area contributed by atoms with Crippen LogP contribution in [0.3, 0.4) is 0 Å². The van der Waals surface area contributed by atoms with Gasteiger partial charge in [0.15, 0.2) is 0 Å². The summed E-state index contributed by atoms with van der Waals surface area (Å²) in [5, 5.41) is 4.12. The minimum absolute atomic E-state index is 0. The smallest absolute Gasteiger partial charge is 0.358 e. The quantitative estimate of drug-likeness (QED) is 0.356. The van der Waals surface area contributed by atoms with Crippen LogP contribution in [-0.4, -0.2) is 25.1 Å². The largest absolute Gasteiger partial charge is 1.00 e. The summed E-state index contributed by atoms with van der Waals surface area (Å²) in [6.07, 6.45) is 5.28. The normalized spacial score (nSPS) is 23.1. The zero-order valence-corrected chi connectivity index (χ0v) is 9.37. The minimum Gasteiger partial charge on any atom is -0.358 e. The van der Waals surface area contributed by atoms with Crippen molar-refractivity contribution in [3.8, 4) is 0 Å². The van der Waals surface area contributed by atoms with Gasteiger partial charge in [-0.2, -0.15) is 6.07 Å². The summed E-state index contributed by atoms with van der Waals surface area (Å²) in [5.41, 5.74) is 0. The van der Waals surface area contributed by atoms with Crippen LogP contribution in [0.25, 0.3) is 0 Å². The molecular weight excluding hydrogens is 211 g/mol. The van der Waals surface area contributed by atoms with Crippen molar-refractivity contribution in [2.45, 2.75) is 30.5 Å². The monoisotopic (exact) mass is 222 g/mol. The number of hydrogen-bond donors (Lipinski definition) is 1. The Bertz CT molecular complexity index is 338. The molecule has 0 radical (unpaired) electrons. The second-order valence-corrected chi connectivity index (χ2v) is 4.04. The fraction of sp³-hybridized carbons (Fsp3) is 0.625. The summed E-state index contributed by atoms with van der Waals surface area (Å²) in [4.78, 5) is 0. The molecule has 1 N–H and O–H groups in total. The maximum absolute atomic E-state index is 10.9. The summed E-state index contributed by atoms with van der Waals surface area (Å²) in [6.45, 7) is 0.683. The summed E-state index contributed by atoms with van der Waals surface area (Å²) in [6, 6.07) is 1.41. The third-order valence-corrected chi connectivity index (χ3v) is 2.85. The van der Waals surface area contributed by atoms with E-state index in [1.165, 1.54) is 10.7 Å². The second kappa shape index (κ2) is 5.82. The van der Waals surface area contributed by atoms with Crippen molar-refractivity contribution >= 4 is 11.1 Å². The second-order valence-electron chi connectivity index (χ2n) is 3.13. The molecule has 2 atom stereocenters. The van der Waals surface area contributed by atoms with Crippen LogP contribution in [0.4, 0.5) is 0 Å². The van der Waals surface area contributed by atoms with E-state index in [-0.39, 0.29) is 30.1 Å². The Hall–Kier alpha value is -0.123. The van der Waals surface area contributed by atoms with Gasteiger partial charge in [-0.15, -0.1) is 6.20 Å². The van der Waals surface area contributed by atoms with Crippen molar-refractivity contribution in [2.75, 3.05) is 6.61 Å². The standard InChI is InChI=1S/C8H11N2O3S.Li/c11-14(12)8-4-5-9-10(8)7-3-1-2-6-13-7;/h4,7H,1-3,6H2,(H,11,12);/q-1;+1. The van der Waals surface area contributed by atoms with Gasteiger partial charge in [-0.1, -0.05) is 0 Å². The van der Waals surface area contributed by atoms with Crippen molar-refractivity contribution in [3.05, 3.63) is 12.3 Å². The Balaban J connectivity index is 0.00000112. The van der Waals surface area contributed by atoms with Crippen molar-refractivity contribution in [3.63, 3.8) is 0 Å². The van der Waals surface area contributed by atoms with E-state index < -0.39 is 11.1 Å². The van der Waals surface area contributed by atoms with Gasteiger partial charge in [0.25, 0.3) is 0 Å². The number of nitrogens with zero attached hydrogens (tertiary/aromatic N) is 2. The number of aromatic nitrogens is 2. The van der Waals surface area contributed by atoms with Crippen LogP contribution >= 0.6 is 0 Å². The van der Waals surface area contributed by atoms with Crippen molar-refractivity contribution < 1.29 is 32.4 Å². The molecule has 1 aliphatic rings. The van der Waals surface area contributed by atoms with Gasteiger partial charge in [0.1, 0.15) is 17.3 Å². The molecule has 1 aliphatic heterocycles. The minimum atomic E-state index is -2.02. The molecule has 2 unspecified atom stereocenters. The summed E-state index contributed by atoms with van der Waals surface area (Å²) in [5.74, 6) is 0. The van der Waals surface area contributed by atoms with Crippen molar-refractivity contribution in [1.82, 2.24) is 9.78 Å². The van der Waals surface area contributed by atoms with Gasteiger partial charge >= 0.3 is 18.9 Å². The Kier molecular flexibility index (Phi) is 5.03. The fourth-order valence-electron chi connectivity index (χ4n) is 1.52. The Morgan fingerprint density at radius 3 is 3.07 bits per heavy atom. The van der Waals surface area contributed by atoms with E-state index in [4.69, 9.17) is 9.29 Å². The summed E-state index contributed by atoms with van der Waals surface area (Å²) in [7, 11) is 0. The third-order valence-electron chi connectivity index (χ3n) is 2.19. The zero-order valence-electron chi connectivity index (χ0n) is 8.55. The van der Waals surface area contributed by atoms with E-state index in [9.17, 15) is 4.21 Å². The zero-order chi connectivity index (χ0) is 9.97. The Morgan fingerprint density at radius 2 is 2.47 bits per heavy atom. The number of ether oxygens (including phenoxy) is 1. The van der Waals surface area contributed by atoms with Gasteiger partial charge < -0.3 is 19.1 Å². The van der Waals surface area contributed by atoms with E-state index in [0.717, 1.165) is 19.3 Å². The molecule has 1 saturated heterocycles. The molecule has 0 spiro atoms. The molecule has 5 nitrogen and oxygen atoms in total. The van der Waals surface area contributed by atoms with Crippen LogP contribution in [0.2, 0.25) is 0 Å². The first kappa shape index (κ1) is 12.9. The summed E-state index contributed by atoms with van der Waals surface area (Å²) >= 11 is -2.02. The predicted octanol–water partition coefficient (Wildman–Crippen LogP) is -2.03. The first-order chi connectivity index (χ1) is 6.79. The van der Waals surface area contributed by atoms with Crippen LogP contribution in [-0.2, 0) is 15.8 Å². The molecule has 0 saturated carbocycles. The Labute approximate surface area is 103 Å². The Morgan fingerprint density at radius 1 is 1.67 bits per heavy atom. The van der Waals surface area contributed by atoms with Crippen molar-refractivity contribution in [1.29, 1.82) is 0 Å². The molecule has 0 amide bonds. The first-order valence-electron chi connectivity index (χ1n) is 4.47. The maximum atomic E-state index is 10.9. The number of rotatable bonds is 2. The van der Waals surface area contributed by atoms with Crippen LogP contribution in [0, 0.1) is 6.20 Å². The van der Waals surface area contributed by atoms with E-state index in [1.54, 1.807) is 0 Å². The molecule has 2 heterocycles. The van der Waals surface area contributed by atoms with E-state index in [1.807, 2.05) is 0 Å². The number of hydrogen-bond acceptors (Lipinski definition) is 3. The van der Waals surface area contributed by atoms with Gasteiger partial charge in [-0.3, -0.25) is 0 Å². The summed E-state index contributed by atoms with van der Waals surface area (Å²) < 4.78 is 26.7. The SMILES string of the molecule is O=S(O)c1c[c-]nn1C1CCCCO1.[Li+]. The average Bonchev–Trinajstić information content (AvgIpc) is 2.67. The molecule has 0 bridgehead atoms. The first-order valence-corrected chi connectivity index (χ1v) is 5.58. The predicted molar refractivity (Wildman–Crippen MR) is 48.9 cm³/mol. The average molecular weight is 222 g/mol. The topological polar surface area (TPSA) is 64.3 Å². The molecule has 78 valence electrons. The van der Waals surface area contributed by atoms with Gasteiger partial charge in [0.05, 0.1) is 0 Å². The molecule has 1 fully saturated rings. The maximum Gasteiger partial charge on any atom is 1.00 e. The van der Waals surface area contributed by atoms with Gasteiger partial charge in [0.2, 0.25) is 0 Å². The fourth-order valence-corrected chi connectivity index (χ4v) is 1.99. The van der Waals surface area contributed by atoms with Gasteiger partial charge in [-0.25, -0.2) is 4.21 Å². The molecule has 1 aromatic rings. The molecule has 0 aliphatic carbocycles. The van der Waals surface area contributed by atoms with Crippen LogP contribution in [0.15, 0.2) is 11.1 Å². The third kappa shape index (κ3) is 2.92. The van der Waals surface area contributed by atoms with Crippen LogP contribution < -0.4 is 18.9 Å². The van der Waals surface area contributed by atoms with Gasteiger partial charge in [0, 0.05) is 11.6 Å². The molecular formula is C8H11LiN2O3S. The van der Waals surface area contributed by atoms with Crippen LogP contribution in [0.5, 0.6) is 0 Å². The van der Waals surface area contributed by atoms with Gasteiger partial charge in [-0.05, 0) is 19.3 Å².